The van der Waals surface area contributed by atoms with Crippen LogP contribution < -0.4 is 0 Å². The maximum atomic E-state index is 12.9. The summed E-state index contributed by atoms with van der Waals surface area (Å²) in [6, 6.07) is 8.59. The van der Waals surface area contributed by atoms with E-state index in [4.69, 9.17) is 5.11 Å². The number of aliphatic hydroxyl groups excluding tert-OH is 1. The Morgan fingerprint density at radius 3 is 2.44 bits per heavy atom. The molecular formula is C13H10F3NO. The molecule has 2 rings (SSSR count). The lowest BCUT2D eigenvalue weighted by Crippen LogP contribution is -2.09. The molecule has 0 atom stereocenters. The Labute approximate surface area is 102 Å². The summed E-state index contributed by atoms with van der Waals surface area (Å²) in [6.07, 6.45) is -3.16. The van der Waals surface area contributed by atoms with Gasteiger partial charge in [0.05, 0.1) is 17.9 Å². The van der Waals surface area contributed by atoms with Gasteiger partial charge in [0.1, 0.15) is 0 Å². The Balaban J connectivity index is 2.65. The van der Waals surface area contributed by atoms with E-state index in [-0.39, 0.29) is 12.3 Å². The second-order valence-corrected chi connectivity index (χ2v) is 3.71. The highest BCUT2D eigenvalue weighted by molar-refractivity contribution is 5.67. The number of nitrogens with zero attached hydrogens (tertiary/aromatic N) is 1. The predicted octanol–water partition coefficient (Wildman–Crippen LogP) is 3.26. The Bertz CT molecular complexity index is 552. The molecule has 2 nitrogen and oxygen atoms in total. The second kappa shape index (κ2) is 4.78. The van der Waals surface area contributed by atoms with Gasteiger partial charge >= 0.3 is 6.18 Å². The van der Waals surface area contributed by atoms with E-state index in [2.05, 4.69) is 4.98 Å². The van der Waals surface area contributed by atoms with E-state index in [0.717, 1.165) is 6.07 Å². The third-order valence-electron chi connectivity index (χ3n) is 2.56. The Morgan fingerprint density at radius 1 is 1.06 bits per heavy atom. The molecule has 1 heterocycles. The topological polar surface area (TPSA) is 33.1 Å². The molecule has 0 spiro atoms. The fourth-order valence-corrected chi connectivity index (χ4v) is 1.74. The van der Waals surface area contributed by atoms with Crippen LogP contribution in [0, 0.1) is 0 Å². The molecule has 0 amide bonds. The first-order chi connectivity index (χ1) is 8.54. The number of pyridine rings is 1. The molecule has 0 radical (unpaired) electrons. The Morgan fingerprint density at radius 2 is 1.78 bits per heavy atom. The first kappa shape index (κ1) is 12.6. The monoisotopic (exact) mass is 253 g/mol. The van der Waals surface area contributed by atoms with Gasteiger partial charge in [-0.05, 0) is 17.7 Å². The van der Waals surface area contributed by atoms with Gasteiger partial charge in [0.2, 0.25) is 0 Å². The number of hydrogen-bond donors (Lipinski definition) is 1. The first-order valence-electron chi connectivity index (χ1n) is 5.25. The smallest absolute Gasteiger partial charge is 0.392 e. The van der Waals surface area contributed by atoms with Crippen molar-refractivity contribution in [2.75, 3.05) is 0 Å². The van der Waals surface area contributed by atoms with Crippen LogP contribution in [0.5, 0.6) is 0 Å². The molecule has 1 aromatic carbocycles. The highest BCUT2D eigenvalue weighted by atomic mass is 19.4. The van der Waals surface area contributed by atoms with Crippen LogP contribution >= 0.6 is 0 Å². The maximum absolute atomic E-state index is 12.9. The van der Waals surface area contributed by atoms with Crippen LogP contribution in [0.4, 0.5) is 13.2 Å². The highest BCUT2D eigenvalue weighted by Crippen LogP contribution is 2.36. The molecule has 1 N–H and O–H groups in total. The zero-order chi connectivity index (χ0) is 13.2. The van der Waals surface area contributed by atoms with Crippen molar-refractivity contribution in [3.8, 4) is 11.3 Å². The number of rotatable bonds is 2. The van der Waals surface area contributed by atoms with Crippen LogP contribution in [0.1, 0.15) is 11.1 Å². The molecule has 0 aliphatic carbocycles. The molecule has 0 saturated heterocycles. The molecule has 0 unspecified atom stereocenters. The van der Waals surface area contributed by atoms with Crippen molar-refractivity contribution in [1.82, 2.24) is 4.98 Å². The maximum Gasteiger partial charge on any atom is 0.418 e. The van der Waals surface area contributed by atoms with Gasteiger partial charge in [0.25, 0.3) is 0 Å². The van der Waals surface area contributed by atoms with Gasteiger partial charge in [0, 0.05) is 11.8 Å². The number of halogens is 3. The van der Waals surface area contributed by atoms with Crippen molar-refractivity contribution < 1.29 is 18.3 Å². The first-order valence-corrected chi connectivity index (χ1v) is 5.25. The summed E-state index contributed by atoms with van der Waals surface area (Å²) in [7, 11) is 0. The lowest BCUT2D eigenvalue weighted by molar-refractivity contribution is -0.137. The summed E-state index contributed by atoms with van der Waals surface area (Å²) in [4.78, 5) is 3.79. The van der Waals surface area contributed by atoms with E-state index in [1.165, 1.54) is 18.3 Å². The van der Waals surface area contributed by atoms with E-state index >= 15 is 0 Å². The van der Waals surface area contributed by atoms with Gasteiger partial charge in [0.15, 0.2) is 0 Å². The summed E-state index contributed by atoms with van der Waals surface area (Å²) in [5.74, 6) is 0. The van der Waals surface area contributed by atoms with Gasteiger partial charge in [-0.2, -0.15) is 13.2 Å². The van der Waals surface area contributed by atoms with E-state index in [1.54, 1.807) is 18.2 Å². The van der Waals surface area contributed by atoms with Gasteiger partial charge in [-0.25, -0.2) is 0 Å². The summed E-state index contributed by atoms with van der Waals surface area (Å²) < 4.78 is 38.6. The summed E-state index contributed by atoms with van der Waals surface area (Å²) in [5, 5.41) is 9.16. The summed E-state index contributed by atoms with van der Waals surface area (Å²) >= 11 is 0. The quantitative estimate of drug-likeness (QED) is 0.891. The van der Waals surface area contributed by atoms with Crippen molar-refractivity contribution in [3.05, 3.63) is 53.7 Å². The third-order valence-corrected chi connectivity index (χ3v) is 2.56. The molecule has 0 bridgehead atoms. The molecule has 0 aliphatic rings. The van der Waals surface area contributed by atoms with Crippen molar-refractivity contribution in [2.45, 2.75) is 12.8 Å². The summed E-state index contributed by atoms with van der Waals surface area (Å²) in [5.41, 5.74) is -0.241. The fraction of sp³-hybridized carbons (Fsp3) is 0.154. The van der Waals surface area contributed by atoms with Crippen LogP contribution in [0.2, 0.25) is 0 Å². The number of benzene rings is 1. The number of alkyl halides is 3. The predicted molar refractivity (Wildman–Crippen MR) is 60.6 cm³/mol. The molecule has 0 saturated carbocycles. The van der Waals surface area contributed by atoms with Crippen LogP contribution in [0.25, 0.3) is 11.3 Å². The number of aliphatic hydroxyl groups is 1. The number of hydrogen-bond acceptors (Lipinski definition) is 2. The Hall–Kier alpha value is -1.88. The standard InChI is InChI=1S/C13H10F3NO/c14-13(15,16)11-6-3-7-17-12(11)10-5-2-1-4-9(10)8-18/h1-7,18H,8H2. The molecule has 94 valence electrons. The zero-order valence-electron chi connectivity index (χ0n) is 9.28. The lowest BCUT2D eigenvalue weighted by Gasteiger charge is -2.13. The van der Waals surface area contributed by atoms with Crippen molar-refractivity contribution in [3.63, 3.8) is 0 Å². The Kier molecular flexibility index (Phi) is 3.34. The van der Waals surface area contributed by atoms with E-state index in [1.807, 2.05) is 0 Å². The van der Waals surface area contributed by atoms with Gasteiger partial charge < -0.3 is 5.11 Å². The fourth-order valence-electron chi connectivity index (χ4n) is 1.74. The third kappa shape index (κ3) is 2.36. The molecular weight excluding hydrogens is 243 g/mol. The van der Waals surface area contributed by atoms with Crippen molar-refractivity contribution in [1.29, 1.82) is 0 Å². The molecule has 5 heteroatoms. The number of aromatic nitrogens is 1. The largest absolute Gasteiger partial charge is 0.418 e. The zero-order valence-corrected chi connectivity index (χ0v) is 9.28. The average Bonchev–Trinajstić information content (AvgIpc) is 2.37. The highest BCUT2D eigenvalue weighted by Gasteiger charge is 2.34. The van der Waals surface area contributed by atoms with E-state index in [0.29, 0.717) is 11.1 Å². The minimum atomic E-state index is -4.47. The molecule has 18 heavy (non-hydrogen) atoms. The van der Waals surface area contributed by atoms with Crippen LogP contribution in [-0.2, 0) is 12.8 Å². The van der Waals surface area contributed by atoms with Gasteiger partial charge in [-0.3, -0.25) is 4.98 Å². The molecule has 0 fully saturated rings. The van der Waals surface area contributed by atoms with E-state index < -0.39 is 11.7 Å². The van der Waals surface area contributed by atoms with E-state index in [9.17, 15) is 13.2 Å². The van der Waals surface area contributed by atoms with Gasteiger partial charge in [-0.1, -0.05) is 24.3 Å². The minimum Gasteiger partial charge on any atom is -0.392 e. The molecule has 2 aromatic rings. The molecule has 0 aliphatic heterocycles. The average molecular weight is 253 g/mol. The second-order valence-electron chi connectivity index (χ2n) is 3.71. The lowest BCUT2D eigenvalue weighted by atomic mass is 10.0. The van der Waals surface area contributed by atoms with Crippen LogP contribution in [0.3, 0.4) is 0 Å². The SMILES string of the molecule is OCc1ccccc1-c1ncccc1C(F)(F)F. The van der Waals surface area contributed by atoms with Crippen molar-refractivity contribution in [2.24, 2.45) is 0 Å². The molecule has 1 aromatic heterocycles. The minimum absolute atomic E-state index is 0.158. The van der Waals surface area contributed by atoms with Crippen LogP contribution in [0.15, 0.2) is 42.6 Å². The normalized spacial score (nSPS) is 11.6. The van der Waals surface area contributed by atoms with Crippen molar-refractivity contribution >= 4 is 0 Å². The van der Waals surface area contributed by atoms with Crippen LogP contribution in [-0.4, -0.2) is 10.1 Å². The van der Waals surface area contributed by atoms with Gasteiger partial charge in [-0.15, -0.1) is 0 Å². The summed E-state index contributed by atoms with van der Waals surface area (Å²) in [6.45, 7) is -0.329.